The van der Waals surface area contributed by atoms with Gasteiger partial charge in [-0.05, 0) is 61.7 Å². The van der Waals surface area contributed by atoms with Crippen molar-refractivity contribution in [2.45, 2.75) is 20.3 Å². The fourth-order valence-corrected chi connectivity index (χ4v) is 2.97. The Kier molecular flexibility index (Phi) is 4.25. The highest BCUT2D eigenvalue weighted by molar-refractivity contribution is 5.94. The molecule has 24 heavy (non-hydrogen) atoms. The van der Waals surface area contributed by atoms with Crippen LogP contribution in [0.3, 0.4) is 0 Å². The maximum absolute atomic E-state index is 13.9. The lowest BCUT2D eigenvalue weighted by Crippen LogP contribution is -2.25. The second-order valence-electron chi connectivity index (χ2n) is 5.90. The van der Waals surface area contributed by atoms with Gasteiger partial charge in [0.05, 0.1) is 5.52 Å². The van der Waals surface area contributed by atoms with Gasteiger partial charge < -0.3 is 15.4 Å². The normalized spacial score (nSPS) is 11.0. The molecule has 0 unspecified atom stereocenters. The SMILES string of the molecule is Cc1[nH]c2c(F)ccc(C)c2c1CCNC(=O)c1ccc(O)cc1. The molecule has 0 aliphatic carbocycles. The first-order valence-corrected chi connectivity index (χ1v) is 7.81. The number of carbonyl (C=O) groups is 1. The minimum atomic E-state index is -0.266. The van der Waals surface area contributed by atoms with Crippen LogP contribution < -0.4 is 5.32 Å². The number of amides is 1. The molecule has 5 heteroatoms. The maximum atomic E-state index is 13.9. The van der Waals surface area contributed by atoms with E-state index in [0.29, 0.717) is 24.0 Å². The molecule has 0 aliphatic rings. The first-order valence-electron chi connectivity index (χ1n) is 7.81. The van der Waals surface area contributed by atoms with Gasteiger partial charge in [-0.3, -0.25) is 4.79 Å². The minimum Gasteiger partial charge on any atom is -0.508 e. The molecule has 3 aromatic rings. The summed E-state index contributed by atoms with van der Waals surface area (Å²) in [5, 5.41) is 13.0. The molecule has 2 aromatic carbocycles. The van der Waals surface area contributed by atoms with Gasteiger partial charge >= 0.3 is 0 Å². The number of aromatic nitrogens is 1. The molecule has 0 saturated heterocycles. The molecule has 3 rings (SSSR count). The largest absolute Gasteiger partial charge is 0.508 e. The Morgan fingerprint density at radius 2 is 1.88 bits per heavy atom. The number of hydrogen-bond acceptors (Lipinski definition) is 2. The molecular weight excluding hydrogens is 307 g/mol. The van der Waals surface area contributed by atoms with Crippen LogP contribution in [0.4, 0.5) is 4.39 Å². The average Bonchev–Trinajstić information content (AvgIpc) is 2.90. The van der Waals surface area contributed by atoms with Crippen LogP contribution in [0.1, 0.15) is 27.2 Å². The highest BCUT2D eigenvalue weighted by atomic mass is 19.1. The van der Waals surface area contributed by atoms with Crippen molar-refractivity contribution in [2.24, 2.45) is 0 Å². The lowest BCUT2D eigenvalue weighted by molar-refractivity contribution is 0.0954. The third-order valence-corrected chi connectivity index (χ3v) is 4.22. The topological polar surface area (TPSA) is 65.1 Å². The number of benzene rings is 2. The number of hydrogen-bond donors (Lipinski definition) is 3. The molecule has 0 spiro atoms. The molecule has 0 saturated carbocycles. The molecule has 0 atom stereocenters. The van der Waals surface area contributed by atoms with Crippen molar-refractivity contribution in [3.8, 4) is 5.75 Å². The van der Waals surface area contributed by atoms with E-state index in [0.717, 1.165) is 22.2 Å². The monoisotopic (exact) mass is 326 g/mol. The van der Waals surface area contributed by atoms with Crippen LogP contribution in [0.5, 0.6) is 5.75 Å². The van der Waals surface area contributed by atoms with E-state index in [9.17, 15) is 14.3 Å². The summed E-state index contributed by atoms with van der Waals surface area (Å²) in [5.74, 6) is -0.341. The zero-order valence-electron chi connectivity index (χ0n) is 13.6. The Bertz CT molecular complexity index is 898. The summed E-state index contributed by atoms with van der Waals surface area (Å²) in [6, 6.07) is 9.32. The number of aryl methyl sites for hydroxylation is 2. The van der Waals surface area contributed by atoms with Crippen molar-refractivity contribution in [2.75, 3.05) is 6.54 Å². The van der Waals surface area contributed by atoms with Crippen LogP contribution in [0, 0.1) is 19.7 Å². The molecule has 0 fully saturated rings. The van der Waals surface area contributed by atoms with Crippen LogP contribution in [0.15, 0.2) is 36.4 Å². The number of carbonyl (C=O) groups excluding carboxylic acids is 1. The van der Waals surface area contributed by atoms with E-state index in [2.05, 4.69) is 10.3 Å². The van der Waals surface area contributed by atoms with E-state index in [-0.39, 0.29) is 17.5 Å². The van der Waals surface area contributed by atoms with Crippen LogP contribution in [-0.4, -0.2) is 22.5 Å². The third-order valence-electron chi connectivity index (χ3n) is 4.22. The highest BCUT2D eigenvalue weighted by Crippen LogP contribution is 2.27. The number of aromatic amines is 1. The van der Waals surface area contributed by atoms with Crippen LogP contribution >= 0.6 is 0 Å². The lowest BCUT2D eigenvalue weighted by Gasteiger charge is -2.07. The summed E-state index contributed by atoms with van der Waals surface area (Å²) in [6.45, 7) is 4.31. The zero-order chi connectivity index (χ0) is 17.3. The van der Waals surface area contributed by atoms with E-state index in [1.54, 1.807) is 18.2 Å². The molecule has 1 amide bonds. The Morgan fingerprint density at radius 1 is 1.17 bits per heavy atom. The Balaban J connectivity index is 1.74. The van der Waals surface area contributed by atoms with E-state index in [4.69, 9.17) is 0 Å². The second-order valence-corrected chi connectivity index (χ2v) is 5.90. The summed E-state index contributed by atoms with van der Waals surface area (Å²) in [4.78, 5) is 15.2. The Labute approximate surface area is 139 Å². The number of H-pyrrole nitrogens is 1. The number of rotatable bonds is 4. The van der Waals surface area contributed by atoms with Gasteiger partial charge in [0, 0.05) is 23.2 Å². The van der Waals surface area contributed by atoms with Crippen LogP contribution in [0.25, 0.3) is 10.9 Å². The van der Waals surface area contributed by atoms with Crippen molar-refractivity contribution >= 4 is 16.8 Å². The molecule has 1 aromatic heterocycles. The molecule has 0 aliphatic heterocycles. The number of phenols is 1. The fourth-order valence-electron chi connectivity index (χ4n) is 2.97. The van der Waals surface area contributed by atoms with Crippen molar-refractivity contribution in [1.82, 2.24) is 10.3 Å². The van der Waals surface area contributed by atoms with Gasteiger partial charge in [0.15, 0.2) is 0 Å². The van der Waals surface area contributed by atoms with Gasteiger partial charge in [-0.1, -0.05) is 6.07 Å². The first kappa shape index (κ1) is 16.1. The fraction of sp³-hybridized carbons (Fsp3) is 0.211. The summed E-state index contributed by atoms with van der Waals surface area (Å²) >= 11 is 0. The standard InChI is InChI=1S/C19H19FN2O2/c1-11-3-8-16(20)18-17(11)15(12(2)22-18)9-10-21-19(24)13-4-6-14(23)7-5-13/h3-8,22-23H,9-10H2,1-2H3,(H,21,24). The summed E-state index contributed by atoms with van der Waals surface area (Å²) in [5.41, 5.74) is 3.96. The van der Waals surface area contributed by atoms with Gasteiger partial charge in [0.1, 0.15) is 11.6 Å². The highest BCUT2D eigenvalue weighted by Gasteiger charge is 2.14. The van der Waals surface area contributed by atoms with E-state index in [1.807, 2.05) is 13.8 Å². The van der Waals surface area contributed by atoms with E-state index < -0.39 is 0 Å². The summed E-state index contributed by atoms with van der Waals surface area (Å²) in [7, 11) is 0. The number of halogens is 1. The van der Waals surface area contributed by atoms with Crippen molar-refractivity contribution < 1.29 is 14.3 Å². The quantitative estimate of drug-likeness (QED) is 0.686. The summed E-state index contributed by atoms with van der Waals surface area (Å²) < 4.78 is 13.9. The van der Waals surface area contributed by atoms with Gasteiger partial charge in [0.25, 0.3) is 5.91 Å². The van der Waals surface area contributed by atoms with E-state index in [1.165, 1.54) is 18.2 Å². The van der Waals surface area contributed by atoms with Crippen LogP contribution in [-0.2, 0) is 6.42 Å². The van der Waals surface area contributed by atoms with Crippen molar-refractivity contribution in [1.29, 1.82) is 0 Å². The number of aromatic hydroxyl groups is 1. The van der Waals surface area contributed by atoms with Crippen molar-refractivity contribution in [3.05, 3.63) is 64.6 Å². The zero-order valence-corrected chi connectivity index (χ0v) is 13.6. The number of phenolic OH excluding ortho intramolecular Hbond substituents is 1. The Hall–Kier alpha value is -2.82. The van der Waals surface area contributed by atoms with Gasteiger partial charge in [-0.15, -0.1) is 0 Å². The molecular formula is C19H19FN2O2. The summed E-state index contributed by atoms with van der Waals surface area (Å²) in [6.07, 6.45) is 0.611. The van der Waals surface area contributed by atoms with Gasteiger partial charge in [0.2, 0.25) is 0 Å². The smallest absolute Gasteiger partial charge is 0.251 e. The number of fused-ring (bicyclic) bond motifs is 1. The number of nitrogens with one attached hydrogen (secondary N) is 2. The predicted octanol–water partition coefficient (Wildman–Crippen LogP) is 3.60. The molecule has 0 radical (unpaired) electrons. The maximum Gasteiger partial charge on any atom is 0.251 e. The van der Waals surface area contributed by atoms with Gasteiger partial charge in [-0.25, -0.2) is 4.39 Å². The molecule has 124 valence electrons. The predicted molar refractivity (Wildman–Crippen MR) is 91.9 cm³/mol. The Morgan fingerprint density at radius 3 is 2.58 bits per heavy atom. The molecule has 1 heterocycles. The molecule has 0 bridgehead atoms. The van der Waals surface area contributed by atoms with Crippen molar-refractivity contribution in [3.63, 3.8) is 0 Å². The lowest BCUT2D eigenvalue weighted by atomic mass is 10.0. The average molecular weight is 326 g/mol. The second kappa shape index (κ2) is 6.35. The van der Waals surface area contributed by atoms with Crippen LogP contribution in [0.2, 0.25) is 0 Å². The van der Waals surface area contributed by atoms with E-state index >= 15 is 0 Å². The molecule has 4 nitrogen and oxygen atoms in total. The molecule has 3 N–H and O–H groups in total. The minimum absolute atomic E-state index is 0.124. The first-order chi connectivity index (χ1) is 11.5. The van der Waals surface area contributed by atoms with Gasteiger partial charge in [-0.2, -0.15) is 0 Å². The third kappa shape index (κ3) is 2.97.